The van der Waals surface area contributed by atoms with E-state index in [-0.39, 0.29) is 0 Å². The number of ether oxygens (including phenoxy) is 1. The molecule has 86 valence electrons. The van der Waals surface area contributed by atoms with Gasteiger partial charge in [-0.2, -0.15) is 0 Å². The standard InChI is InChI=1S/C11H18BrNOS/c1-8(4-5-14-3)13-7-10-6-11(12)9(2)15-10/h6,8,13H,4-5,7H2,1-3H3. The Bertz CT molecular complexity index is 281. The van der Waals surface area contributed by atoms with Crippen LogP contribution in [0, 0.1) is 6.92 Å². The van der Waals surface area contributed by atoms with E-state index in [0.717, 1.165) is 19.6 Å². The lowest BCUT2D eigenvalue weighted by molar-refractivity contribution is 0.185. The molecular formula is C11H18BrNOS. The van der Waals surface area contributed by atoms with E-state index in [1.807, 2.05) is 11.3 Å². The van der Waals surface area contributed by atoms with Crippen molar-refractivity contribution in [2.45, 2.75) is 32.9 Å². The number of aryl methyl sites for hydroxylation is 1. The lowest BCUT2D eigenvalue weighted by atomic mass is 10.2. The van der Waals surface area contributed by atoms with Crippen LogP contribution < -0.4 is 5.32 Å². The highest BCUT2D eigenvalue weighted by Gasteiger charge is 2.05. The molecule has 1 unspecified atom stereocenters. The zero-order valence-corrected chi connectivity index (χ0v) is 11.9. The quantitative estimate of drug-likeness (QED) is 0.868. The first-order chi connectivity index (χ1) is 7.13. The summed E-state index contributed by atoms with van der Waals surface area (Å²) >= 11 is 5.37. The summed E-state index contributed by atoms with van der Waals surface area (Å²) in [6.45, 7) is 6.09. The minimum atomic E-state index is 0.506. The fraction of sp³-hybridized carbons (Fsp3) is 0.636. The third-order valence-corrected chi connectivity index (χ3v) is 4.42. The zero-order valence-electron chi connectivity index (χ0n) is 9.47. The van der Waals surface area contributed by atoms with Gasteiger partial charge in [0, 0.05) is 40.5 Å². The van der Waals surface area contributed by atoms with Gasteiger partial charge in [0.1, 0.15) is 0 Å². The lowest BCUT2D eigenvalue weighted by Gasteiger charge is -2.11. The van der Waals surface area contributed by atoms with E-state index in [1.54, 1.807) is 7.11 Å². The zero-order chi connectivity index (χ0) is 11.3. The van der Waals surface area contributed by atoms with Crippen molar-refractivity contribution >= 4 is 27.3 Å². The van der Waals surface area contributed by atoms with Crippen LogP contribution in [0.5, 0.6) is 0 Å². The monoisotopic (exact) mass is 291 g/mol. The average molecular weight is 292 g/mol. The summed E-state index contributed by atoms with van der Waals surface area (Å²) in [6.07, 6.45) is 1.06. The van der Waals surface area contributed by atoms with Gasteiger partial charge in [-0.1, -0.05) is 0 Å². The third kappa shape index (κ3) is 4.64. The van der Waals surface area contributed by atoms with Crippen LogP contribution in [0.2, 0.25) is 0 Å². The molecule has 2 nitrogen and oxygen atoms in total. The molecule has 1 aromatic heterocycles. The number of methoxy groups -OCH3 is 1. The second-order valence-electron chi connectivity index (χ2n) is 3.68. The molecule has 0 aliphatic rings. The van der Waals surface area contributed by atoms with Crippen LogP contribution in [0.25, 0.3) is 0 Å². The van der Waals surface area contributed by atoms with Gasteiger partial charge in [0.25, 0.3) is 0 Å². The normalized spacial score (nSPS) is 13.1. The van der Waals surface area contributed by atoms with Gasteiger partial charge in [-0.05, 0) is 42.3 Å². The number of hydrogen-bond acceptors (Lipinski definition) is 3. The smallest absolute Gasteiger partial charge is 0.0476 e. The van der Waals surface area contributed by atoms with Gasteiger partial charge in [0.05, 0.1) is 0 Å². The van der Waals surface area contributed by atoms with Crippen molar-refractivity contribution in [2.75, 3.05) is 13.7 Å². The van der Waals surface area contributed by atoms with Gasteiger partial charge >= 0.3 is 0 Å². The number of rotatable bonds is 6. The van der Waals surface area contributed by atoms with Crippen molar-refractivity contribution in [3.05, 3.63) is 20.3 Å². The summed E-state index contributed by atoms with van der Waals surface area (Å²) in [4.78, 5) is 2.72. The molecule has 1 atom stereocenters. The Kier molecular flexibility index (Phi) is 5.82. The molecule has 0 spiro atoms. The summed E-state index contributed by atoms with van der Waals surface area (Å²) in [7, 11) is 1.74. The summed E-state index contributed by atoms with van der Waals surface area (Å²) in [5.74, 6) is 0. The molecule has 1 heterocycles. The second-order valence-corrected chi connectivity index (χ2v) is 5.88. The highest BCUT2D eigenvalue weighted by atomic mass is 79.9. The van der Waals surface area contributed by atoms with Crippen molar-refractivity contribution in [1.29, 1.82) is 0 Å². The van der Waals surface area contributed by atoms with E-state index in [2.05, 4.69) is 41.2 Å². The first-order valence-electron chi connectivity index (χ1n) is 5.10. The molecule has 0 radical (unpaired) electrons. The minimum absolute atomic E-state index is 0.506. The molecule has 0 saturated carbocycles. The Labute approximate surface area is 104 Å². The number of nitrogens with one attached hydrogen (secondary N) is 1. The van der Waals surface area contributed by atoms with E-state index in [1.165, 1.54) is 14.2 Å². The fourth-order valence-corrected chi connectivity index (χ4v) is 2.83. The van der Waals surface area contributed by atoms with E-state index < -0.39 is 0 Å². The lowest BCUT2D eigenvalue weighted by Crippen LogP contribution is -2.26. The van der Waals surface area contributed by atoms with Crippen LogP contribution in [-0.2, 0) is 11.3 Å². The van der Waals surface area contributed by atoms with Crippen molar-refractivity contribution in [3.8, 4) is 0 Å². The predicted molar refractivity (Wildman–Crippen MR) is 69.6 cm³/mol. The van der Waals surface area contributed by atoms with Gasteiger partial charge in [0.15, 0.2) is 0 Å². The molecule has 0 aromatic carbocycles. The Morgan fingerprint density at radius 1 is 1.60 bits per heavy atom. The van der Waals surface area contributed by atoms with Crippen LogP contribution in [0.1, 0.15) is 23.1 Å². The minimum Gasteiger partial charge on any atom is -0.385 e. The summed E-state index contributed by atoms with van der Waals surface area (Å²) in [5, 5.41) is 3.48. The fourth-order valence-electron chi connectivity index (χ4n) is 1.28. The van der Waals surface area contributed by atoms with Gasteiger partial charge in [0.2, 0.25) is 0 Å². The summed E-state index contributed by atoms with van der Waals surface area (Å²) in [6, 6.07) is 2.70. The Hall–Kier alpha value is 0.1000. The number of hydrogen-bond donors (Lipinski definition) is 1. The van der Waals surface area contributed by atoms with E-state index >= 15 is 0 Å². The molecule has 1 aromatic rings. The molecule has 0 saturated heterocycles. The first kappa shape index (κ1) is 13.2. The van der Waals surface area contributed by atoms with Crippen molar-refractivity contribution in [1.82, 2.24) is 5.32 Å². The molecule has 0 bridgehead atoms. The van der Waals surface area contributed by atoms with E-state index in [9.17, 15) is 0 Å². The first-order valence-corrected chi connectivity index (χ1v) is 6.71. The molecule has 15 heavy (non-hydrogen) atoms. The van der Waals surface area contributed by atoms with Gasteiger partial charge in [-0.15, -0.1) is 11.3 Å². The maximum absolute atomic E-state index is 5.04. The highest BCUT2D eigenvalue weighted by Crippen LogP contribution is 2.26. The molecular weight excluding hydrogens is 274 g/mol. The SMILES string of the molecule is COCCC(C)NCc1cc(Br)c(C)s1. The average Bonchev–Trinajstić information content (AvgIpc) is 2.52. The number of halogens is 1. The van der Waals surface area contributed by atoms with Crippen LogP contribution in [0.3, 0.4) is 0 Å². The van der Waals surface area contributed by atoms with E-state index in [4.69, 9.17) is 4.74 Å². The largest absolute Gasteiger partial charge is 0.385 e. The van der Waals surface area contributed by atoms with Crippen LogP contribution in [0.4, 0.5) is 0 Å². The second kappa shape index (κ2) is 6.63. The van der Waals surface area contributed by atoms with E-state index in [0.29, 0.717) is 6.04 Å². The number of thiophene rings is 1. The molecule has 0 amide bonds. The van der Waals surface area contributed by atoms with Gasteiger partial charge in [-0.25, -0.2) is 0 Å². The Morgan fingerprint density at radius 2 is 2.33 bits per heavy atom. The molecule has 0 aliphatic carbocycles. The summed E-state index contributed by atoms with van der Waals surface area (Å²) in [5.41, 5.74) is 0. The van der Waals surface area contributed by atoms with Crippen molar-refractivity contribution in [2.24, 2.45) is 0 Å². The molecule has 1 rings (SSSR count). The third-order valence-electron chi connectivity index (χ3n) is 2.29. The van der Waals surface area contributed by atoms with Crippen LogP contribution in [-0.4, -0.2) is 19.8 Å². The Morgan fingerprint density at radius 3 is 2.87 bits per heavy atom. The Balaban J connectivity index is 2.30. The highest BCUT2D eigenvalue weighted by molar-refractivity contribution is 9.10. The van der Waals surface area contributed by atoms with Crippen molar-refractivity contribution in [3.63, 3.8) is 0 Å². The topological polar surface area (TPSA) is 21.3 Å². The molecule has 0 aliphatic heterocycles. The van der Waals surface area contributed by atoms with Gasteiger partial charge in [-0.3, -0.25) is 0 Å². The molecule has 0 fully saturated rings. The van der Waals surface area contributed by atoms with Crippen LogP contribution >= 0.6 is 27.3 Å². The molecule has 1 N–H and O–H groups in total. The van der Waals surface area contributed by atoms with Crippen LogP contribution in [0.15, 0.2) is 10.5 Å². The predicted octanol–water partition coefficient (Wildman–Crippen LogP) is 3.33. The summed E-state index contributed by atoms with van der Waals surface area (Å²) < 4.78 is 6.26. The maximum atomic E-state index is 5.04. The maximum Gasteiger partial charge on any atom is 0.0476 e. The van der Waals surface area contributed by atoms with Gasteiger partial charge < -0.3 is 10.1 Å². The van der Waals surface area contributed by atoms with Crippen molar-refractivity contribution < 1.29 is 4.74 Å². The molecule has 4 heteroatoms.